The van der Waals surface area contributed by atoms with Gasteiger partial charge in [-0.15, -0.1) is 0 Å². The molecule has 1 rings (SSSR count). The molecule has 1 unspecified atom stereocenters. The lowest BCUT2D eigenvalue weighted by atomic mass is 10.1. The molecule has 0 spiro atoms. The molecule has 1 atom stereocenters. The predicted octanol–water partition coefficient (Wildman–Crippen LogP) is 4.27. The Labute approximate surface area is 120 Å². The summed E-state index contributed by atoms with van der Waals surface area (Å²) in [6, 6.07) is 0. The lowest BCUT2D eigenvalue weighted by Crippen LogP contribution is -2.28. The summed E-state index contributed by atoms with van der Waals surface area (Å²) < 4.78 is 0. The summed E-state index contributed by atoms with van der Waals surface area (Å²) >= 11 is 0. The number of aliphatic hydroxyl groups excluding tert-OH is 1. The highest BCUT2D eigenvalue weighted by Crippen LogP contribution is 2.32. The van der Waals surface area contributed by atoms with Gasteiger partial charge in [0.25, 0.3) is 0 Å². The molecule has 1 fully saturated rings. The SMILES string of the molecule is CCCCCCCCCCCCNCC(O)C1CC1. The molecule has 114 valence electrons. The zero-order chi connectivity index (χ0) is 13.8. The van der Waals surface area contributed by atoms with Crippen molar-refractivity contribution in [3.8, 4) is 0 Å². The molecular formula is C17H35NO. The third-order valence-corrected chi connectivity index (χ3v) is 4.23. The Morgan fingerprint density at radius 2 is 1.42 bits per heavy atom. The van der Waals surface area contributed by atoms with Crippen LogP contribution in [0.5, 0.6) is 0 Å². The zero-order valence-electron chi connectivity index (χ0n) is 13.0. The molecule has 19 heavy (non-hydrogen) atoms. The summed E-state index contributed by atoms with van der Waals surface area (Å²) in [6.07, 6.45) is 16.3. The number of aliphatic hydroxyl groups is 1. The largest absolute Gasteiger partial charge is 0.392 e. The Hall–Kier alpha value is -0.0800. The van der Waals surface area contributed by atoms with Gasteiger partial charge in [-0.1, -0.05) is 64.7 Å². The Morgan fingerprint density at radius 1 is 0.895 bits per heavy atom. The molecule has 0 radical (unpaired) electrons. The molecule has 0 amide bonds. The fraction of sp³-hybridized carbons (Fsp3) is 1.00. The Kier molecular flexibility index (Phi) is 10.5. The van der Waals surface area contributed by atoms with E-state index in [9.17, 15) is 5.11 Å². The average molecular weight is 269 g/mol. The molecule has 0 aromatic carbocycles. The molecule has 2 heteroatoms. The third-order valence-electron chi connectivity index (χ3n) is 4.23. The highest BCUT2D eigenvalue weighted by atomic mass is 16.3. The first kappa shape index (κ1) is 17.0. The Balaban J connectivity index is 1.67. The molecule has 1 aliphatic carbocycles. The quantitative estimate of drug-likeness (QED) is 0.462. The van der Waals surface area contributed by atoms with Crippen molar-refractivity contribution in [3.05, 3.63) is 0 Å². The van der Waals surface area contributed by atoms with Crippen LogP contribution in [-0.4, -0.2) is 24.3 Å². The molecule has 0 aromatic rings. The second kappa shape index (κ2) is 11.7. The molecule has 0 heterocycles. The first-order chi connectivity index (χ1) is 9.34. The van der Waals surface area contributed by atoms with E-state index in [-0.39, 0.29) is 6.10 Å². The van der Waals surface area contributed by atoms with Gasteiger partial charge in [0.05, 0.1) is 6.10 Å². The van der Waals surface area contributed by atoms with Crippen LogP contribution in [-0.2, 0) is 0 Å². The van der Waals surface area contributed by atoms with E-state index in [0.29, 0.717) is 5.92 Å². The van der Waals surface area contributed by atoms with Crippen LogP contribution in [0.2, 0.25) is 0 Å². The van der Waals surface area contributed by atoms with E-state index in [1.54, 1.807) is 0 Å². The minimum absolute atomic E-state index is 0.0804. The molecule has 0 aromatic heterocycles. The van der Waals surface area contributed by atoms with Gasteiger partial charge in [-0.3, -0.25) is 0 Å². The lowest BCUT2D eigenvalue weighted by molar-refractivity contribution is 0.149. The van der Waals surface area contributed by atoms with E-state index >= 15 is 0 Å². The van der Waals surface area contributed by atoms with Crippen molar-refractivity contribution in [1.82, 2.24) is 5.32 Å². The van der Waals surface area contributed by atoms with Crippen molar-refractivity contribution in [2.75, 3.05) is 13.1 Å². The van der Waals surface area contributed by atoms with Crippen molar-refractivity contribution in [2.24, 2.45) is 5.92 Å². The van der Waals surface area contributed by atoms with Crippen molar-refractivity contribution >= 4 is 0 Å². The number of unbranched alkanes of at least 4 members (excludes halogenated alkanes) is 9. The monoisotopic (exact) mass is 269 g/mol. The van der Waals surface area contributed by atoms with E-state index in [0.717, 1.165) is 13.1 Å². The van der Waals surface area contributed by atoms with E-state index in [4.69, 9.17) is 0 Å². The van der Waals surface area contributed by atoms with Crippen LogP contribution >= 0.6 is 0 Å². The Bertz CT molecular complexity index is 192. The molecular weight excluding hydrogens is 234 g/mol. The van der Waals surface area contributed by atoms with Gasteiger partial charge in [0, 0.05) is 6.54 Å². The maximum atomic E-state index is 9.69. The zero-order valence-corrected chi connectivity index (χ0v) is 13.0. The number of hydrogen-bond acceptors (Lipinski definition) is 2. The highest BCUT2D eigenvalue weighted by molar-refractivity contribution is 4.81. The van der Waals surface area contributed by atoms with Crippen LogP contribution in [0.25, 0.3) is 0 Å². The highest BCUT2D eigenvalue weighted by Gasteiger charge is 2.28. The van der Waals surface area contributed by atoms with E-state index in [2.05, 4.69) is 12.2 Å². The van der Waals surface area contributed by atoms with Crippen molar-refractivity contribution in [3.63, 3.8) is 0 Å². The van der Waals surface area contributed by atoms with Crippen LogP contribution in [0, 0.1) is 5.92 Å². The van der Waals surface area contributed by atoms with Crippen LogP contribution in [0.1, 0.15) is 84.0 Å². The molecule has 0 aliphatic heterocycles. The summed E-state index contributed by atoms with van der Waals surface area (Å²) in [5.41, 5.74) is 0. The number of hydrogen-bond donors (Lipinski definition) is 2. The topological polar surface area (TPSA) is 32.3 Å². The van der Waals surface area contributed by atoms with Gasteiger partial charge in [-0.05, 0) is 31.7 Å². The molecule has 2 nitrogen and oxygen atoms in total. The molecule has 0 saturated heterocycles. The van der Waals surface area contributed by atoms with Gasteiger partial charge >= 0.3 is 0 Å². The van der Waals surface area contributed by atoms with Crippen molar-refractivity contribution in [1.29, 1.82) is 0 Å². The third kappa shape index (κ3) is 10.4. The van der Waals surface area contributed by atoms with Gasteiger partial charge in [0.2, 0.25) is 0 Å². The van der Waals surface area contributed by atoms with Crippen LogP contribution in [0.15, 0.2) is 0 Å². The summed E-state index contributed by atoms with van der Waals surface area (Å²) in [5.74, 6) is 0.611. The predicted molar refractivity (Wildman–Crippen MR) is 83.4 cm³/mol. The summed E-state index contributed by atoms with van der Waals surface area (Å²) in [4.78, 5) is 0. The van der Waals surface area contributed by atoms with Gasteiger partial charge in [0.15, 0.2) is 0 Å². The first-order valence-electron chi connectivity index (χ1n) is 8.73. The number of rotatable bonds is 14. The minimum Gasteiger partial charge on any atom is -0.392 e. The van der Waals surface area contributed by atoms with Crippen LogP contribution < -0.4 is 5.32 Å². The summed E-state index contributed by atoms with van der Waals surface area (Å²) in [7, 11) is 0. The standard InChI is InChI=1S/C17H35NO/c1-2-3-4-5-6-7-8-9-10-11-14-18-15-17(19)16-12-13-16/h16-19H,2-15H2,1H3. The fourth-order valence-electron chi connectivity index (χ4n) is 2.64. The Morgan fingerprint density at radius 3 is 1.95 bits per heavy atom. The van der Waals surface area contributed by atoms with Crippen LogP contribution in [0.4, 0.5) is 0 Å². The maximum absolute atomic E-state index is 9.69. The molecule has 1 saturated carbocycles. The van der Waals surface area contributed by atoms with E-state index in [1.165, 1.54) is 77.0 Å². The molecule has 2 N–H and O–H groups in total. The lowest BCUT2D eigenvalue weighted by Gasteiger charge is -2.10. The van der Waals surface area contributed by atoms with Gasteiger partial charge in [0.1, 0.15) is 0 Å². The van der Waals surface area contributed by atoms with Crippen LogP contribution in [0.3, 0.4) is 0 Å². The van der Waals surface area contributed by atoms with E-state index in [1.807, 2.05) is 0 Å². The normalized spacial score (nSPS) is 16.7. The summed E-state index contributed by atoms with van der Waals surface area (Å²) in [6.45, 7) is 4.17. The smallest absolute Gasteiger partial charge is 0.0692 e. The van der Waals surface area contributed by atoms with Gasteiger partial charge in [-0.2, -0.15) is 0 Å². The second-order valence-corrected chi connectivity index (χ2v) is 6.29. The summed E-state index contributed by atoms with van der Waals surface area (Å²) in [5, 5.41) is 13.1. The number of nitrogens with one attached hydrogen (secondary N) is 1. The average Bonchev–Trinajstić information content (AvgIpc) is 3.24. The minimum atomic E-state index is -0.0804. The van der Waals surface area contributed by atoms with Gasteiger partial charge in [-0.25, -0.2) is 0 Å². The fourth-order valence-corrected chi connectivity index (χ4v) is 2.64. The van der Waals surface area contributed by atoms with Crippen molar-refractivity contribution in [2.45, 2.75) is 90.1 Å². The molecule has 0 bridgehead atoms. The maximum Gasteiger partial charge on any atom is 0.0692 e. The van der Waals surface area contributed by atoms with E-state index < -0.39 is 0 Å². The molecule has 1 aliphatic rings. The first-order valence-corrected chi connectivity index (χ1v) is 8.73. The second-order valence-electron chi connectivity index (χ2n) is 6.29. The van der Waals surface area contributed by atoms with Gasteiger partial charge < -0.3 is 10.4 Å². The van der Waals surface area contributed by atoms with Crippen molar-refractivity contribution < 1.29 is 5.11 Å².